The lowest BCUT2D eigenvalue weighted by Crippen LogP contribution is -2.30. The van der Waals surface area contributed by atoms with Crippen LogP contribution in [0.5, 0.6) is 0 Å². The Morgan fingerprint density at radius 1 is 1.65 bits per heavy atom. The molecule has 0 aliphatic carbocycles. The second-order valence-corrected chi connectivity index (χ2v) is 6.00. The Morgan fingerprint density at radius 2 is 2.47 bits per heavy atom. The maximum absolute atomic E-state index is 11.7. The summed E-state index contributed by atoms with van der Waals surface area (Å²) in [5, 5.41) is 10.7. The molecule has 6 heteroatoms. The van der Waals surface area contributed by atoms with Crippen molar-refractivity contribution in [1.29, 1.82) is 0 Å². The van der Waals surface area contributed by atoms with Crippen molar-refractivity contribution < 1.29 is 14.7 Å². The Labute approximate surface area is 108 Å². The van der Waals surface area contributed by atoms with Crippen molar-refractivity contribution in [2.24, 2.45) is 0 Å². The van der Waals surface area contributed by atoms with Gasteiger partial charge in [0.15, 0.2) is 0 Å². The predicted octanol–water partition coefficient (Wildman–Crippen LogP) is 2.01. The number of hydrogen-bond acceptors (Lipinski definition) is 4. The number of aliphatic carboxylic acids is 1. The Balaban J connectivity index is 1.96. The summed E-state index contributed by atoms with van der Waals surface area (Å²) < 4.78 is 0. The first-order valence-electron chi connectivity index (χ1n) is 5.32. The monoisotopic (exact) mass is 271 g/mol. The van der Waals surface area contributed by atoms with Crippen LogP contribution in [-0.2, 0) is 16.1 Å². The van der Waals surface area contributed by atoms with Crippen LogP contribution in [0.2, 0.25) is 0 Å². The Kier molecular flexibility index (Phi) is 4.06. The van der Waals surface area contributed by atoms with Gasteiger partial charge in [-0.2, -0.15) is 0 Å². The summed E-state index contributed by atoms with van der Waals surface area (Å²) in [5.74, 6) is -0.648. The van der Waals surface area contributed by atoms with Gasteiger partial charge in [-0.1, -0.05) is 6.07 Å². The molecule has 2 rings (SSSR count). The molecule has 1 aliphatic rings. The normalized spacial score (nSPS) is 19.9. The number of amides is 1. The number of hydrogen-bond donors (Lipinski definition) is 1. The molecule has 1 atom stereocenters. The second kappa shape index (κ2) is 5.55. The number of carbonyl (C=O) groups is 2. The molecule has 92 valence electrons. The topological polar surface area (TPSA) is 57.6 Å². The predicted molar refractivity (Wildman–Crippen MR) is 68.0 cm³/mol. The number of thioether (sulfide) groups is 1. The summed E-state index contributed by atoms with van der Waals surface area (Å²) in [5.41, 5.74) is 0. The van der Waals surface area contributed by atoms with E-state index in [0.717, 1.165) is 11.3 Å². The van der Waals surface area contributed by atoms with E-state index in [0.29, 0.717) is 13.0 Å². The van der Waals surface area contributed by atoms with E-state index in [1.807, 2.05) is 17.5 Å². The van der Waals surface area contributed by atoms with Gasteiger partial charge in [0.1, 0.15) is 0 Å². The summed E-state index contributed by atoms with van der Waals surface area (Å²) in [7, 11) is 0. The first-order chi connectivity index (χ1) is 8.16. The summed E-state index contributed by atoms with van der Waals surface area (Å²) in [6, 6.07) is 3.95. The Morgan fingerprint density at radius 3 is 3.12 bits per heavy atom. The molecule has 4 nitrogen and oxygen atoms in total. The molecular formula is C11H13NO3S2. The highest BCUT2D eigenvalue weighted by atomic mass is 32.2. The molecule has 1 fully saturated rings. The van der Waals surface area contributed by atoms with Gasteiger partial charge in [-0.25, -0.2) is 0 Å². The van der Waals surface area contributed by atoms with Crippen molar-refractivity contribution in [2.45, 2.75) is 24.8 Å². The number of rotatable bonds is 5. The van der Waals surface area contributed by atoms with Crippen LogP contribution < -0.4 is 0 Å². The van der Waals surface area contributed by atoms with Gasteiger partial charge in [-0.05, 0) is 17.9 Å². The number of nitrogens with zero attached hydrogens (tertiary/aromatic N) is 1. The third-order valence-electron chi connectivity index (χ3n) is 2.58. The lowest BCUT2D eigenvalue weighted by molar-refractivity contribution is -0.134. The van der Waals surface area contributed by atoms with Crippen LogP contribution in [0.3, 0.4) is 0 Å². The number of likely N-dealkylation sites (tertiary alicyclic amines) is 1. The highest BCUT2D eigenvalue weighted by molar-refractivity contribution is 8.00. The van der Waals surface area contributed by atoms with Gasteiger partial charge in [0.25, 0.3) is 0 Å². The van der Waals surface area contributed by atoms with Crippen LogP contribution in [0.15, 0.2) is 17.5 Å². The lowest BCUT2D eigenvalue weighted by Gasteiger charge is -2.23. The number of carboxylic acid groups (broad SMARTS) is 1. The molecule has 1 saturated heterocycles. The van der Waals surface area contributed by atoms with Crippen LogP contribution in [0.4, 0.5) is 0 Å². The average Bonchev–Trinajstić information content (AvgIpc) is 2.89. The average molecular weight is 271 g/mol. The van der Waals surface area contributed by atoms with Crippen molar-refractivity contribution in [1.82, 2.24) is 4.90 Å². The molecule has 1 aromatic rings. The largest absolute Gasteiger partial charge is 0.481 e. The molecule has 1 unspecified atom stereocenters. The molecule has 0 radical (unpaired) electrons. The molecule has 17 heavy (non-hydrogen) atoms. The van der Waals surface area contributed by atoms with E-state index in [2.05, 4.69) is 0 Å². The van der Waals surface area contributed by atoms with Crippen molar-refractivity contribution in [3.05, 3.63) is 22.4 Å². The number of carboxylic acids is 1. The third-order valence-corrected chi connectivity index (χ3v) is 4.73. The van der Waals surface area contributed by atoms with E-state index in [1.165, 1.54) is 11.8 Å². The molecule has 0 aromatic carbocycles. The lowest BCUT2D eigenvalue weighted by atomic mass is 10.4. The summed E-state index contributed by atoms with van der Waals surface area (Å²) in [6.07, 6.45) is 1.28. The first-order valence-corrected chi connectivity index (χ1v) is 7.25. The summed E-state index contributed by atoms with van der Waals surface area (Å²) in [4.78, 5) is 25.2. The van der Waals surface area contributed by atoms with Crippen molar-refractivity contribution in [2.75, 3.05) is 5.75 Å². The second-order valence-electron chi connectivity index (χ2n) is 3.80. The molecule has 1 N–H and O–H groups in total. The Bertz CT molecular complexity index is 405. The zero-order chi connectivity index (χ0) is 12.3. The number of carbonyl (C=O) groups excluding carboxylic acids is 1. The van der Waals surface area contributed by atoms with E-state index < -0.39 is 5.97 Å². The van der Waals surface area contributed by atoms with Gasteiger partial charge >= 0.3 is 5.97 Å². The maximum Gasteiger partial charge on any atom is 0.313 e. The van der Waals surface area contributed by atoms with Crippen LogP contribution in [0.1, 0.15) is 17.7 Å². The van der Waals surface area contributed by atoms with E-state index in [1.54, 1.807) is 16.2 Å². The standard InChI is InChI=1S/C11H13NO3S2/c13-9-3-4-10(17-7-11(14)15)12(9)6-8-2-1-5-16-8/h1-2,5,10H,3-4,6-7H2,(H,14,15). The first kappa shape index (κ1) is 12.4. The van der Waals surface area contributed by atoms with E-state index in [-0.39, 0.29) is 17.0 Å². The minimum Gasteiger partial charge on any atom is -0.481 e. The van der Waals surface area contributed by atoms with Crippen molar-refractivity contribution in [3.63, 3.8) is 0 Å². The SMILES string of the molecule is O=C(O)CSC1CCC(=O)N1Cc1cccs1. The highest BCUT2D eigenvalue weighted by Crippen LogP contribution is 2.30. The summed E-state index contributed by atoms with van der Waals surface area (Å²) in [6.45, 7) is 0.605. The van der Waals surface area contributed by atoms with Gasteiger partial charge < -0.3 is 10.0 Å². The molecule has 0 bridgehead atoms. The minimum atomic E-state index is -0.828. The smallest absolute Gasteiger partial charge is 0.313 e. The highest BCUT2D eigenvalue weighted by Gasteiger charge is 2.31. The third kappa shape index (κ3) is 3.23. The maximum atomic E-state index is 11.7. The van der Waals surface area contributed by atoms with Crippen molar-refractivity contribution >= 4 is 35.0 Å². The fraction of sp³-hybridized carbons (Fsp3) is 0.455. The van der Waals surface area contributed by atoms with Crippen LogP contribution in [0.25, 0.3) is 0 Å². The van der Waals surface area contributed by atoms with E-state index >= 15 is 0 Å². The molecule has 1 aromatic heterocycles. The summed E-state index contributed by atoms with van der Waals surface area (Å²) >= 11 is 2.95. The van der Waals surface area contributed by atoms with Crippen LogP contribution >= 0.6 is 23.1 Å². The zero-order valence-corrected chi connectivity index (χ0v) is 10.8. The minimum absolute atomic E-state index is 0.0145. The van der Waals surface area contributed by atoms with E-state index in [9.17, 15) is 9.59 Å². The fourth-order valence-electron chi connectivity index (χ4n) is 1.81. The van der Waals surface area contributed by atoms with Gasteiger partial charge in [-0.15, -0.1) is 23.1 Å². The van der Waals surface area contributed by atoms with Crippen LogP contribution in [-0.4, -0.2) is 33.0 Å². The van der Waals surface area contributed by atoms with Gasteiger partial charge in [0.2, 0.25) is 5.91 Å². The molecule has 0 spiro atoms. The van der Waals surface area contributed by atoms with Gasteiger partial charge in [0, 0.05) is 11.3 Å². The quantitative estimate of drug-likeness (QED) is 0.890. The fourth-order valence-corrected chi connectivity index (χ4v) is 3.50. The van der Waals surface area contributed by atoms with E-state index in [4.69, 9.17) is 5.11 Å². The zero-order valence-electron chi connectivity index (χ0n) is 9.17. The van der Waals surface area contributed by atoms with Gasteiger partial charge in [0.05, 0.1) is 17.7 Å². The Hall–Kier alpha value is -1.01. The molecule has 2 heterocycles. The molecule has 0 saturated carbocycles. The molecule has 1 amide bonds. The molecular weight excluding hydrogens is 258 g/mol. The van der Waals surface area contributed by atoms with Gasteiger partial charge in [-0.3, -0.25) is 9.59 Å². The number of thiophene rings is 1. The molecule has 1 aliphatic heterocycles. The van der Waals surface area contributed by atoms with Crippen molar-refractivity contribution in [3.8, 4) is 0 Å². The van der Waals surface area contributed by atoms with Crippen LogP contribution in [0, 0.1) is 0 Å².